The summed E-state index contributed by atoms with van der Waals surface area (Å²) in [4.78, 5) is 10.6. The van der Waals surface area contributed by atoms with Gasteiger partial charge in [-0.05, 0) is 43.7 Å². The molecule has 0 fully saturated rings. The minimum absolute atomic E-state index is 0.139. The van der Waals surface area contributed by atoms with E-state index in [-0.39, 0.29) is 17.5 Å². The zero-order valence-corrected chi connectivity index (χ0v) is 14.9. The molecule has 0 heterocycles. The number of carbonyl (C=O) groups is 1. The molecule has 0 amide bonds. The third-order valence-electron chi connectivity index (χ3n) is 3.55. The van der Waals surface area contributed by atoms with Crippen molar-refractivity contribution in [1.82, 2.24) is 4.31 Å². The first-order chi connectivity index (χ1) is 11.8. The fourth-order valence-electron chi connectivity index (χ4n) is 2.30. The lowest BCUT2D eigenvalue weighted by Crippen LogP contribution is -2.36. The van der Waals surface area contributed by atoms with Gasteiger partial charge in [-0.1, -0.05) is 30.3 Å². The summed E-state index contributed by atoms with van der Waals surface area (Å²) in [7, 11) is -3.69. The minimum atomic E-state index is -3.69. The average molecular weight is 363 g/mol. The van der Waals surface area contributed by atoms with E-state index < -0.39 is 22.6 Å². The van der Waals surface area contributed by atoms with Crippen molar-refractivity contribution in [2.45, 2.75) is 31.3 Å². The Morgan fingerprint density at radius 3 is 2.20 bits per heavy atom. The molecule has 0 saturated carbocycles. The van der Waals surface area contributed by atoms with Gasteiger partial charge in [0.2, 0.25) is 10.0 Å². The van der Waals surface area contributed by atoms with E-state index in [4.69, 9.17) is 9.84 Å². The van der Waals surface area contributed by atoms with Crippen LogP contribution in [0.5, 0.6) is 5.75 Å². The Bertz CT molecular complexity index is 801. The average Bonchev–Trinajstić information content (AvgIpc) is 2.58. The fourth-order valence-corrected chi connectivity index (χ4v) is 3.92. The SMILES string of the molecule is CC(C)N(Cc1ccccc1)S(=O)(=O)c1ccc(OCC(=O)O)cc1. The normalized spacial score (nSPS) is 11.7. The van der Waals surface area contributed by atoms with Gasteiger partial charge in [0.1, 0.15) is 5.75 Å². The zero-order chi connectivity index (χ0) is 18.4. The van der Waals surface area contributed by atoms with E-state index in [0.29, 0.717) is 5.75 Å². The molecule has 0 unspecified atom stereocenters. The van der Waals surface area contributed by atoms with Crippen molar-refractivity contribution in [3.8, 4) is 5.75 Å². The first-order valence-corrected chi connectivity index (χ1v) is 9.25. The van der Waals surface area contributed by atoms with E-state index in [9.17, 15) is 13.2 Å². The lowest BCUT2D eigenvalue weighted by atomic mass is 10.2. The van der Waals surface area contributed by atoms with Gasteiger partial charge in [0.15, 0.2) is 6.61 Å². The highest BCUT2D eigenvalue weighted by Gasteiger charge is 2.27. The van der Waals surface area contributed by atoms with Crippen LogP contribution in [-0.2, 0) is 21.4 Å². The largest absolute Gasteiger partial charge is 0.482 e. The number of rotatable bonds is 8. The molecule has 0 aliphatic carbocycles. The Labute approximate surface area is 147 Å². The summed E-state index contributed by atoms with van der Waals surface area (Å²) in [6.45, 7) is 3.45. The topological polar surface area (TPSA) is 83.9 Å². The highest BCUT2D eigenvalue weighted by atomic mass is 32.2. The Kier molecular flexibility index (Phi) is 6.17. The van der Waals surface area contributed by atoms with Crippen LogP contribution in [-0.4, -0.2) is 36.4 Å². The molecule has 0 spiro atoms. The summed E-state index contributed by atoms with van der Waals surface area (Å²) in [6.07, 6.45) is 0. The van der Waals surface area contributed by atoms with Crippen LogP contribution in [0.3, 0.4) is 0 Å². The number of hydrogen-bond donors (Lipinski definition) is 1. The number of sulfonamides is 1. The minimum Gasteiger partial charge on any atom is -0.482 e. The zero-order valence-electron chi connectivity index (χ0n) is 14.1. The van der Waals surface area contributed by atoms with Crippen LogP contribution in [0.25, 0.3) is 0 Å². The van der Waals surface area contributed by atoms with Crippen LogP contribution in [0.15, 0.2) is 59.5 Å². The molecule has 0 atom stereocenters. The highest BCUT2D eigenvalue weighted by molar-refractivity contribution is 7.89. The summed E-state index contributed by atoms with van der Waals surface area (Å²) in [5.74, 6) is -0.786. The van der Waals surface area contributed by atoms with Gasteiger partial charge in [-0.15, -0.1) is 0 Å². The molecule has 7 heteroatoms. The van der Waals surface area contributed by atoms with Crippen LogP contribution in [0.1, 0.15) is 19.4 Å². The second kappa shape index (κ2) is 8.13. The van der Waals surface area contributed by atoms with Crippen LogP contribution in [0.4, 0.5) is 0 Å². The van der Waals surface area contributed by atoms with Gasteiger partial charge in [-0.3, -0.25) is 0 Å². The predicted octanol–water partition coefficient (Wildman–Crippen LogP) is 2.75. The van der Waals surface area contributed by atoms with E-state index in [1.165, 1.54) is 28.6 Å². The monoisotopic (exact) mass is 363 g/mol. The maximum atomic E-state index is 12.9. The summed E-state index contributed by atoms with van der Waals surface area (Å²) in [6, 6.07) is 14.9. The molecule has 0 aliphatic heterocycles. The van der Waals surface area contributed by atoms with Crippen molar-refractivity contribution in [3.05, 3.63) is 60.2 Å². The molecule has 2 aromatic carbocycles. The van der Waals surface area contributed by atoms with Gasteiger partial charge < -0.3 is 9.84 Å². The van der Waals surface area contributed by atoms with Crippen LogP contribution in [0.2, 0.25) is 0 Å². The molecule has 2 aromatic rings. The standard InChI is InChI=1S/C18H21NO5S/c1-14(2)19(12-15-6-4-3-5-7-15)25(22,23)17-10-8-16(9-11-17)24-13-18(20)21/h3-11,14H,12-13H2,1-2H3,(H,20,21). The number of benzene rings is 2. The van der Waals surface area contributed by atoms with E-state index >= 15 is 0 Å². The molecule has 2 rings (SSSR count). The predicted molar refractivity (Wildman–Crippen MR) is 93.9 cm³/mol. The van der Waals surface area contributed by atoms with Gasteiger partial charge in [0, 0.05) is 12.6 Å². The van der Waals surface area contributed by atoms with Crippen molar-refractivity contribution in [3.63, 3.8) is 0 Å². The van der Waals surface area contributed by atoms with Gasteiger partial charge in [-0.25, -0.2) is 13.2 Å². The maximum absolute atomic E-state index is 12.9. The number of carboxylic acids is 1. The summed E-state index contributed by atoms with van der Waals surface area (Å²) in [5.41, 5.74) is 0.904. The number of carboxylic acid groups (broad SMARTS) is 1. The van der Waals surface area contributed by atoms with E-state index in [1.54, 1.807) is 0 Å². The number of hydrogen-bond acceptors (Lipinski definition) is 4. The number of nitrogens with zero attached hydrogens (tertiary/aromatic N) is 1. The summed E-state index contributed by atoms with van der Waals surface area (Å²) < 4.78 is 32.3. The molecule has 0 radical (unpaired) electrons. The van der Waals surface area contributed by atoms with Crippen molar-refractivity contribution in [1.29, 1.82) is 0 Å². The molecule has 0 bridgehead atoms. The van der Waals surface area contributed by atoms with Crippen molar-refractivity contribution in [2.75, 3.05) is 6.61 Å². The molecule has 25 heavy (non-hydrogen) atoms. The third kappa shape index (κ3) is 5.04. The third-order valence-corrected chi connectivity index (χ3v) is 5.59. The molecule has 0 saturated heterocycles. The quantitative estimate of drug-likeness (QED) is 0.780. The number of ether oxygens (including phenoxy) is 1. The highest BCUT2D eigenvalue weighted by Crippen LogP contribution is 2.23. The van der Waals surface area contributed by atoms with Gasteiger partial charge in [0.05, 0.1) is 4.90 Å². The Hall–Kier alpha value is -2.38. The summed E-state index contributed by atoms with van der Waals surface area (Å²) >= 11 is 0. The lowest BCUT2D eigenvalue weighted by molar-refractivity contribution is -0.139. The molecule has 1 N–H and O–H groups in total. The molecular formula is C18H21NO5S. The molecule has 0 aliphatic rings. The van der Waals surface area contributed by atoms with Crippen LogP contribution in [0, 0.1) is 0 Å². The number of aliphatic carboxylic acids is 1. The van der Waals surface area contributed by atoms with Gasteiger partial charge >= 0.3 is 5.97 Å². The van der Waals surface area contributed by atoms with Crippen LogP contribution >= 0.6 is 0 Å². The fraction of sp³-hybridized carbons (Fsp3) is 0.278. The van der Waals surface area contributed by atoms with Gasteiger partial charge in [0.25, 0.3) is 0 Å². The second-order valence-corrected chi connectivity index (χ2v) is 7.67. The maximum Gasteiger partial charge on any atom is 0.341 e. The first-order valence-electron chi connectivity index (χ1n) is 7.81. The van der Waals surface area contributed by atoms with Crippen molar-refractivity contribution >= 4 is 16.0 Å². The molecule has 134 valence electrons. The Morgan fingerprint density at radius 2 is 1.68 bits per heavy atom. The Balaban J connectivity index is 2.23. The summed E-state index contributed by atoms with van der Waals surface area (Å²) in [5, 5.41) is 8.61. The van der Waals surface area contributed by atoms with E-state index in [2.05, 4.69) is 0 Å². The molecule has 0 aromatic heterocycles. The molecule has 6 nitrogen and oxygen atoms in total. The van der Waals surface area contributed by atoms with Gasteiger partial charge in [-0.2, -0.15) is 4.31 Å². The smallest absolute Gasteiger partial charge is 0.341 e. The first kappa shape index (κ1) is 19.0. The lowest BCUT2D eigenvalue weighted by Gasteiger charge is -2.26. The second-order valence-electron chi connectivity index (χ2n) is 5.78. The van der Waals surface area contributed by atoms with E-state index in [0.717, 1.165) is 5.56 Å². The molecular weight excluding hydrogens is 342 g/mol. The van der Waals surface area contributed by atoms with Crippen molar-refractivity contribution in [2.24, 2.45) is 0 Å². The van der Waals surface area contributed by atoms with Crippen LogP contribution < -0.4 is 4.74 Å². The van der Waals surface area contributed by atoms with E-state index in [1.807, 2.05) is 44.2 Å². The van der Waals surface area contributed by atoms with Crippen molar-refractivity contribution < 1.29 is 23.1 Å². The Morgan fingerprint density at radius 1 is 1.08 bits per heavy atom.